The molecule has 2 rings (SSSR count). The minimum absolute atomic E-state index is 0.0419. The van der Waals surface area contributed by atoms with E-state index in [0.717, 1.165) is 0 Å². The summed E-state index contributed by atoms with van der Waals surface area (Å²) >= 11 is 0. The van der Waals surface area contributed by atoms with Crippen molar-refractivity contribution in [1.82, 2.24) is 24.8 Å². The molecule has 1 aliphatic heterocycles. The zero-order chi connectivity index (χ0) is 15.6. The fraction of sp³-hybridized carbons (Fsp3) is 0.667. The van der Waals surface area contributed by atoms with Crippen LogP contribution >= 0.6 is 0 Å². The van der Waals surface area contributed by atoms with Crippen LogP contribution in [0, 0.1) is 0 Å². The molecule has 1 atom stereocenters. The maximum absolute atomic E-state index is 12.1. The number of urea groups is 1. The number of carboxylic acid groups (broad SMARTS) is 1. The Kier molecular flexibility index (Phi) is 4.41. The van der Waals surface area contributed by atoms with Crippen LogP contribution in [0.15, 0.2) is 6.20 Å². The minimum atomic E-state index is -1.12. The van der Waals surface area contributed by atoms with Crippen molar-refractivity contribution in [3.8, 4) is 0 Å². The molecule has 0 spiro atoms. The fourth-order valence-corrected chi connectivity index (χ4v) is 2.05. The molecule has 1 aromatic heterocycles. The number of aliphatic hydroxyl groups excluding tert-OH is 1. The first-order valence-electron chi connectivity index (χ1n) is 6.71. The number of hydrogen-bond acceptors (Lipinski definition) is 5. The number of aliphatic hydroxyl groups is 1. The topological polar surface area (TPSA) is 112 Å². The molecule has 0 radical (unpaired) electrons. The van der Waals surface area contributed by atoms with Gasteiger partial charge in [0.05, 0.1) is 18.3 Å². The van der Waals surface area contributed by atoms with Gasteiger partial charge in [0, 0.05) is 26.7 Å². The van der Waals surface area contributed by atoms with Gasteiger partial charge in [-0.25, -0.2) is 14.3 Å². The zero-order valence-electron chi connectivity index (χ0n) is 12.0. The standard InChI is InChI=1S/C12H19N5O4/c1-8(18)3-4-15(2)12(21)16-5-9(6-16)17-7-10(11(19)20)13-14-17/h7-9,18H,3-6H2,1-2H3,(H,19,20). The number of likely N-dealkylation sites (tertiary alicyclic amines) is 1. The Morgan fingerprint density at radius 2 is 2.19 bits per heavy atom. The van der Waals surface area contributed by atoms with E-state index in [0.29, 0.717) is 26.1 Å². The van der Waals surface area contributed by atoms with Crippen molar-refractivity contribution < 1.29 is 19.8 Å². The smallest absolute Gasteiger partial charge is 0.358 e. The summed E-state index contributed by atoms with van der Waals surface area (Å²) in [6.45, 7) is 3.12. The normalized spacial score (nSPS) is 16.4. The van der Waals surface area contributed by atoms with Crippen molar-refractivity contribution >= 4 is 12.0 Å². The summed E-state index contributed by atoms with van der Waals surface area (Å²) < 4.78 is 1.48. The summed E-state index contributed by atoms with van der Waals surface area (Å²) in [6.07, 6.45) is 1.46. The number of amides is 2. The number of nitrogens with zero attached hydrogens (tertiary/aromatic N) is 5. The first kappa shape index (κ1) is 15.2. The van der Waals surface area contributed by atoms with Crippen molar-refractivity contribution in [3.05, 3.63) is 11.9 Å². The number of carbonyl (C=O) groups is 2. The van der Waals surface area contributed by atoms with Crippen LogP contribution in [0.5, 0.6) is 0 Å². The third kappa shape index (κ3) is 3.48. The van der Waals surface area contributed by atoms with Gasteiger partial charge in [-0.2, -0.15) is 0 Å². The maximum Gasteiger partial charge on any atom is 0.358 e. The summed E-state index contributed by atoms with van der Waals surface area (Å²) in [5.74, 6) is -1.12. The molecule has 9 heteroatoms. The Bertz CT molecular complexity index is 523. The van der Waals surface area contributed by atoms with E-state index < -0.39 is 12.1 Å². The molecule has 0 aromatic carbocycles. The van der Waals surface area contributed by atoms with Crippen molar-refractivity contribution in [2.75, 3.05) is 26.7 Å². The first-order valence-corrected chi connectivity index (χ1v) is 6.71. The molecule has 1 aliphatic rings. The highest BCUT2D eigenvalue weighted by molar-refractivity contribution is 5.84. The van der Waals surface area contributed by atoms with Gasteiger partial charge in [0.2, 0.25) is 0 Å². The molecule has 0 saturated carbocycles. The number of hydrogen-bond donors (Lipinski definition) is 2. The molecule has 1 unspecified atom stereocenters. The molecule has 116 valence electrons. The van der Waals surface area contributed by atoms with Crippen LogP contribution in [0.2, 0.25) is 0 Å². The molecule has 0 aliphatic carbocycles. The van der Waals surface area contributed by atoms with Gasteiger partial charge in [-0.15, -0.1) is 5.10 Å². The second kappa shape index (κ2) is 6.08. The van der Waals surface area contributed by atoms with Crippen molar-refractivity contribution in [3.63, 3.8) is 0 Å². The van der Waals surface area contributed by atoms with Crippen LogP contribution in [0.1, 0.15) is 29.9 Å². The Hall–Kier alpha value is -2.16. The summed E-state index contributed by atoms with van der Waals surface area (Å²) in [6, 6.07) is -0.148. The monoisotopic (exact) mass is 297 g/mol. The SMILES string of the molecule is CC(O)CCN(C)C(=O)N1CC(n2cc(C(=O)O)nn2)C1. The van der Waals surface area contributed by atoms with E-state index in [4.69, 9.17) is 5.11 Å². The zero-order valence-corrected chi connectivity index (χ0v) is 12.0. The summed E-state index contributed by atoms with van der Waals surface area (Å²) in [5.41, 5.74) is -0.103. The maximum atomic E-state index is 12.1. The van der Waals surface area contributed by atoms with Crippen LogP contribution < -0.4 is 0 Å². The van der Waals surface area contributed by atoms with E-state index in [1.54, 1.807) is 23.8 Å². The van der Waals surface area contributed by atoms with E-state index in [2.05, 4.69) is 10.3 Å². The highest BCUT2D eigenvalue weighted by atomic mass is 16.4. The largest absolute Gasteiger partial charge is 0.476 e. The lowest BCUT2D eigenvalue weighted by atomic mass is 10.1. The number of aromatic carboxylic acids is 1. The van der Waals surface area contributed by atoms with Gasteiger partial charge >= 0.3 is 12.0 Å². The highest BCUT2D eigenvalue weighted by Crippen LogP contribution is 2.21. The van der Waals surface area contributed by atoms with Gasteiger partial charge in [0.1, 0.15) is 0 Å². The lowest BCUT2D eigenvalue weighted by Crippen LogP contribution is -2.54. The third-order valence-electron chi connectivity index (χ3n) is 3.45. The van der Waals surface area contributed by atoms with E-state index >= 15 is 0 Å². The molecule has 1 saturated heterocycles. The fourth-order valence-electron chi connectivity index (χ4n) is 2.05. The van der Waals surface area contributed by atoms with Crippen LogP contribution in [-0.2, 0) is 0 Å². The molecule has 2 N–H and O–H groups in total. The van der Waals surface area contributed by atoms with Crippen molar-refractivity contribution in [1.29, 1.82) is 0 Å². The average molecular weight is 297 g/mol. The van der Waals surface area contributed by atoms with E-state index in [1.165, 1.54) is 10.9 Å². The van der Waals surface area contributed by atoms with Crippen LogP contribution in [0.4, 0.5) is 4.79 Å². The first-order chi connectivity index (χ1) is 9.88. The third-order valence-corrected chi connectivity index (χ3v) is 3.45. The molecule has 2 amide bonds. The summed E-state index contributed by atoms with van der Waals surface area (Å²) in [4.78, 5) is 26.0. The molecule has 21 heavy (non-hydrogen) atoms. The molecule has 1 fully saturated rings. The Balaban J connectivity index is 1.82. The molecule has 9 nitrogen and oxygen atoms in total. The summed E-state index contributed by atoms with van der Waals surface area (Å²) in [7, 11) is 1.69. The number of carboxylic acids is 1. The average Bonchev–Trinajstić information content (AvgIpc) is 2.83. The predicted octanol–water partition coefficient (Wildman–Crippen LogP) is -0.344. The molecule has 2 heterocycles. The lowest BCUT2D eigenvalue weighted by molar-refractivity contribution is 0.0689. The molecule has 1 aromatic rings. The van der Waals surface area contributed by atoms with E-state index in [1.807, 2.05) is 0 Å². The minimum Gasteiger partial charge on any atom is -0.476 e. The molecular weight excluding hydrogens is 278 g/mol. The van der Waals surface area contributed by atoms with Crippen LogP contribution in [0.3, 0.4) is 0 Å². The van der Waals surface area contributed by atoms with Gasteiger partial charge in [0.15, 0.2) is 5.69 Å². The Morgan fingerprint density at radius 1 is 1.52 bits per heavy atom. The quantitative estimate of drug-likeness (QED) is 0.768. The van der Waals surface area contributed by atoms with Crippen molar-refractivity contribution in [2.45, 2.75) is 25.5 Å². The van der Waals surface area contributed by atoms with Gasteiger partial charge in [-0.05, 0) is 13.3 Å². The Labute approximate surface area is 121 Å². The van der Waals surface area contributed by atoms with Crippen LogP contribution in [0.25, 0.3) is 0 Å². The van der Waals surface area contributed by atoms with E-state index in [-0.39, 0.29) is 17.8 Å². The molecular formula is C12H19N5O4. The molecule has 0 bridgehead atoms. The van der Waals surface area contributed by atoms with E-state index in [9.17, 15) is 14.7 Å². The number of rotatable bonds is 5. The second-order valence-electron chi connectivity index (χ2n) is 5.29. The van der Waals surface area contributed by atoms with Gasteiger partial charge < -0.3 is 20.0 Å². The van der Waals surface area contributed by atoms with Gasteiger partial charge in [0.25, 0.3) is 0 Å². The lowest BCUT2D eigenvalue weighted by Gasteiger charge is -2.40. The second-order valence-corrected chi connectivity index (χ2v) is 5.29. The van der Waals surface area contributed by atoms with Gasteiger partial charge in [-0.3, -0.25) is 0 Å². The number of aromatic nitrogens is 3. The van der Waals surface area contributed by atoms with Gasteiger partial charge in [-0.1, -0.05) is 5.21 Å². The predicted molar refractivity (Wildman–Crippen MR) is 71.9 cm³/mol. The summed E-state index contributed by atoms with van der Waals surface area (Å²) in [5, 5.41) is 25.3. The Morgan fingerprint density at radius 3 is 2.71 bits per heavy atom. The number of carbonyl (C=O) groups excluding carboxylic acids is 1. The highest BCUT2D eigenvalue weighted by Gasteiger charge is 2.34. The van der Waals surface area contributed by atoms with Crippen LogP contribution in [-0.4, -0.2) is 79.8 Å². The van der Waals surface area contributed by atoms with Crippen molar-refractivity contribution in [2.24, 2.45) is 0 Å².